The van der Waals surface area contributed by atoms with Gasteiger partial charge in [-0.3, -0.25) is 14.6 Å². The predicted molar refractivity (Wildman–Crippen MR) is 121 cm³/mol. The summed E-state index contributed by atoms with van der Waals surface area (Å²) in [6.07, 6.45) is 1.72. The monoisotopic (exact) mass is 459 g/mol. The van der Waals surface area contributed by atoms with Crippen LogP contribution < -0.4 is 5.84 Å². The van der Waals surface area contributed by atoms with Crippen LogP contribution in [0.1, 0.15) is 48.0 Å². The molecule has 0 saturated heterocycles. The number of carboxylic acids is 1. The molecule has 0 bridgehead atoms. The first-order valence-corrected chi connectivity index (χ1v) is 10.7. The first-order valence-electron chi connectivity index (χ1n) is 10.7. The molecule has 0 aliphatic rings. The average Bonchev–Trinajstić information content (AvgIpc) is 3.18. The molecule has 2 atom stereocenters. The summed E-state index contributed by atoms with van der Waals surface area (Å²) in [4.78, 5) is 38.4. The van der Waals surface area contributed by atoms with E-state index in [1.165, 1.54) is 11.6 Å². The minimum absolute atomic E-state index is 0.0492. The summed E-state index contributed by atoms with van der Waals surface area (Å²) >= 11 is 0. The van der Waals surface area contributed by atoms with Gasteiger partial charge in [0.15, 0.2) is 6.04 Å². The lowest BCUT2D eigenvalue weighted by atomic mass is 9.80. The molecule has 1 aromatic carbocycles. The Labute approximate surface area is 193 Å². The molecule has 0 radical (unpaired) electrons. The van der Waals surface area contributed by atoms with E-state index in [-0.39, 0.29) is 18.9 Å². The van der Waals surface area contributed by atoms with E-state index in [1.807, 2.05) is 44.2 Å². The van der Waals surface area contributed by atoms with E-state index in [0.717, 1.165) is 5.56 Å². The van der Waals surface area contributed by atoms with Crippen molar-refractivity contribution < 1.29 is 24.2 Å². The highest BCUT2D eigenvalue weighted by Gasteiger charge is 2.48. The van der Waals surface area contributed by atoms with Crippen LogP contribution in [0.5, 0.6) is 0 Å². The summed E-state index contributed by atoms with van der Waals surface area (Å²) in [7, 11) is 0. The van der Waals surface area contributed by atoms with Crippen molar-refractivity contribution in [1.82, 2.24) is 20.0 Å². The molecule has 1 amide bonds. The van der Waals surface area contributed by atoms with Gasteiger partial charge in [0.2, 0.25) is 0 Å². The Morgan fingerprint density at radius 1 is 1.15 bits per heavy atom. The van der Waals surface area contributed by atoms with Gasteiger partial charge in [-0.2, -0.15) is 0 Å². The van der Waals surface area contributed by atoms with Crippen LogP contribution in [-0.2, 0) is 25.7 Å². The Morgan fingerprint density at radius 2 is 1.76 bits per heavy atom. The van der Waals surface area contributed by atoms with Crippen LogP contribution in [0, 0.1) is 11.3 Å². The molecular weight excluding hydrogens is 426 g/mol. The van der Waals surface area contributed by atoms with E-state index in [2.05, 4.69) is 10.3 Å². The van der Waals surface area contributed by atoms with Crippen molar-refractivity contribution in [3.63, 3.8) is 0 Å². The minimum Gasteiger partial charge on any atom is -0.480 e. The number of nitrogens with zero attached hydrogens (tertiary/aromatic N) is 4. The topological polar surface area (TPSA) is 141 Å². The lowest BCUT2D eigenvalue weighted by molar-refractivity contribution is -0.177. The number of hydrogen-bond acceptors (Lipinski definition) is 7. The molecule has 2 aromatic rings. The third-order valence-electron chi connectivity index (χ3n) is 4.96. The van der Waals surface area contributed by atoms with Gasteiger partial charge in [0.05, 0.1) is 12.7 Å². The summed E-state index contributed by atoms with van der Waals surface area (Å²) in [5, 5.41) is 18.4. The molecule has 2 rings (SSSR count). The number of rotatable bonds is 9. The zero-order chi connectivity index (χ0) is 25.0. The van der Waals surface area contributed by atoms with Crippen molar-refractivity contribution >= 4 is 17.8 Å². The van der Waals surface area contributed by atoms with Crippen molar-refractivity contribution in [2.24, 2.45) is 17.2 Å². The van der Waals surface area contributed by atoms with Crippen LogP contribution in [0.25, 0.3) is 11.3 Å². The first kappa shape index (κ1) is 26.0. The quantitative estimate of drug-likeness (QED) is 0.192. The molecule has 2 unspecified atom stereocenters. The highest BCUT2D eigenvalue weighted by Crippen LogP contribution is 2.32. The molecule has 0 aliphatic carbocycles. The maximum atomic E-state index is 13.4. The number of ether oxygens (including phenoxy) is 1. The minimum atomic E-state index is -1.65. The maximum absolute atomic E-state index is 13.4. The number of benzene rings is 1. The average molecular weight is 460 g/mol. The van der Waals surface area contributed by atoms with E-state index in [0.29, 0.717) is 10.7 Å². The van der Waals surface area contributed by atoms with Crippen LogP contribution in [0.2, 0.25) is 0 Å². The Morgan fingerprint density at radius 3 is 2.27 bits per heavy atom. The largest absolute Gasteiger partial charge is 0.480 e. The Kier molecular flexibility index (Phi) is 7.97. The Balaban J connectivity index is 2.30. The number of amides is 1. The number of carbonyl (C=O) groups is 3. The molecule has 0 spiro atoms. The van der Waals surface area contributed by atoms with Gasteiger partial charge in [0.25, 0.3) is 5.91 Å². The van der Waals surface area contributed by atoms with Crippen molar-refractivity contribution in [1.29, 1.82) is 0 Å². The fraction of sp³-hybridized carbons (Fsp3) is 0.522. The fourth-order valence-corrected chi connectivity index (χ4v) is 3.48. The van der Waals surface area contributed by atoms with Crippen molar-refractivity contribution in [2.45, 2.75) is 66.2 Å². The molecular formula is C23H33N5O5. The van der Waals surface area contributed by atoms with E-state index >= 15 is 0 Å². The standard InChI is InChI=1S/C23H33N5O5/c1-15(2)12-23(6,21(32)33-22(3,4)5)20(31)28(24)18(19(29)30)14-27-13-17(25-26-27)16-10-8-7-9-11-16/h7-11,13,15,18H,12,14,24H2,1-6H3,(H,29,30). The highest BCUT2D eigenvalue weighted by molar-refractivity contribution is 6.03. The zero-order valence-electron chi connectivity index (χ0n) is 20.0. The smallest absolute Gasteiger partial charge is 0.329 e. The molecule has 10 nitrogen and oxygen atoms in total. The number of hydrogen-bond donors (Lipinski definition) is 2. The van der Waals surface area contributed by atoms with Gasteiger partial charge in [0.1, 0.15) is 16.7 Å². The molecule has 1 heterocycles. The third kappa shape index (κ3) is 6.61. The number of esters is 1. The predicted octanol–water partition coefficient (Wildman–Crippen LogP) is 2.49. The second-order valence-electron chi connectivity index (χ2n) is 9.69. The SMILES string of the molecule is CC(C)CC(C)(C(=O)OC(C)(C)C)C(=O)N(N)C(Cn1cc(-c2ccccc2)nn1)C(=O)O. The molecule has 0 aliphatic heterocycles. The number of aliphatic carboxylic acids is 1. The molecule has 0 fully saturated rings. The highest BCUT2D eigenvalue weighted by atomic mass is 16.6. The van der Waals surface area contributed by atoms with Gasteiger partial charge in [-0.1, -0.05) is 49.4 Å². The van der Waals surface area contributed by atoms with E-state index in [9.17, 15) is 19.5 Å². The van der Waals surface area contributed by atoms with Gasteiger partial charge in [-0.15, -0.1) is 5.10 Å². The molecule has 0 saturated carbocycles. The molecule has 1 aromatic heterocycles. The summed E-state index contributed by atoms with van der Waals surface area (Å²) in [6.45, 7) is 9.98. The summed E-state index contributed by atoms with van der Waals surface area (Å²) in [5.41, 5.74) is -1.11. The second kappa shape index (κ2) is 10.1. The fourth-order valence-electron chi connectivity index (χ4n) is 3.48. The van der Waals surface area contributed by atoms with E-state index < -0.39 is 34.9 Å². The summed E-state index contributed by atoms with van der Waals surface area (Å²) < 4.78 is 6.78. The number of hydrazine groups is 1. The van der Waals surface area contributed by atoms with Gasteiger partial charge in [0, 0.05) is 5.56 Å². The zero-order valence-corrected chi connectivity index (χ0v) is 20.0. The molecule has 33 heavy (non-hydrogen) atoms. The lowest BCUT2D eigenvalue weighted by Crippen LogP contribution is -2.58. The first-order chi connectivity index (χ1) is 15.2. The number of aromatic nitrogens is 3. The second-order valence-corrected chi connectivity index (χ2v) is 9.69. The van der Waals surface area contributed by atoms with Crippen LogP contribution in [-0.4, -0.2) is 54.6 Å². The summed E-state index contributed by atoms with van der Waals surface area (Å²) in [5.74, 6) is 3.06. The van der Waals surface area contributed by atoms with Gasteiger partial charge in [-0.25, -0.2) is 15.3 Å². The number of nitrogens with two attached hydrogens (primary N) is 1. The number of carbonyl (C=O) groups excluding carboxylic acids is 2. The third-order valence-corrected chi connectivity index (χ3v) is 4.96. The van der Waals surface area contributed by atoms with Crippen LogP contribution >= 0.6 is 0 Å². The van der Waals surface area contributed by atoms with Crippen LogP contribution in [0.3, 0.4) is 0 Å². The molecule has 180 valence electrons. The maximum Gasteiger partial charge on any atom is 0.329 e. The number of carboxylic acid groups (broad SMARTS) is 1. The Bertz CT molecular complexity index is 983. The van der Waals surface area contributed by atoms with Crippen LogP contribution in [0.15, 0.2) is 36.5 Å². The van der Waals surface area contributed by atoms with Crippen molar-refractivity contribution in [3.8, 4) is 11.3 Å². The molecule has 10 heteroatoms. The van der Waals surface area contributed by atoms with Gasteiger partial charge in [-0.05, 0) is 40.0 Å². The lowest BCUT2D eigenvalue weighted by Gasteiger charge is -2.35. The van der Waals surface area contributed by atoms with E-state index in [1.54, 1.807) is 27.0 Å². The van der Waals surface area contributed by atoms with Crippen molar-refractivity contribution in [2.75, 3.05) is 0 Å². The summed E-state index contributed by atoms with van der Waals surface area (Å²) in [6, 6.07) is 7.78. The van der Waals surface area contributed by atoms with E-state index in [4.69, 9.17) is 10.6 Å². The van der Waals surface area contributed by atoms with Crippen LogP contribution in [0.4, 0.5) is 0 Å². The van der Waals surface area contributed by atoms with Gasteiger partial charge < -0.3 is 9.84 Å². The molecule has 3 N–H and O–H groups in total. The Hall–Kier alpha value is -3.27. The van der Waals surface area contributed by atoms with Crippen molar-refractivity contribution in [3.05, 3.63) is 36.5 Å². The normalized spacial score (nSPS) is 14.4. The van der Waals surface area contributed by atoms with Gasteiger partial charge >= 0.3 is 11.9 Å².